The molecule has 0 fully saturated rings. The molecule has 1 aromatic carbocycles. The fraction of sp³-hybridized carbons (Fsp3) is 0.200. The van der Waals surface area contributed by atoms with Crippen molar-refractivity contribution in [2.45, 2.75) is 6.54 Å². The van der Waals surface area contributed by atoms with Gasteiger partial charge in [0.25, 0.3) is 0 Å². The molecule has 0 aliphatic carbocycles. The Bertz CT molecular complexity index is 553. The summed E-state index contributed by atoms with van der Waals surface area (Å²) in [5.74, 6) is 0.577. The summed E-state index contributed by atoms with van der Waals surface area (Å²) < 4.78 is 6.48. The van der Waals surface area contributed by atoms with Crippen LogP contribution in [0.25, 0.3) is 11.0 Å². The first-order chi connectivity index (χ1) is 7.27. The van der Waals surface area contributed by atoms with Crippen molar-refractivity contribution in [2.24, 2.45) is 0 Å². The normalized spacial score (nSPS) is 10.5. The SMILES string of the molecule is COc1cccc2[nH]c(=O)n(CC=O)c12. The molecule has 0 unspecified atom stereocenters. The highest BCUT2D eigenvalue weighted by Crippen LogP contribution is 2.22. The molecule has 0 aliphatic heterocycles. The average Bonchev–Trinajstić information content (AvgIpc) is 2.56. The smallest absolute Gasteiger partial charge is 0.326 e. The van der Waals surface area contributed by atoms with E-state index in [0.29, 0.717) is 23.1 Å². The van der Waals surface area contributed by atoms with Gasteiger partial charge >= 0.3 is 5.69 Å². The van der Waals surface area contributed by atoms with Crippen molar-refractivity contribution in [1.82, 2.24) is 9.55 Å². The molecule has 2 rings (SSSR count). The molecule has 5 nitrogen and oxygen atoms in total. The summed E-state index contributed by atoms with van der Waals surface area (Å²) in [5, 5.41) is 0. The Hall–Kier alpha value is -2.04. The van der Waals surface area contributed by atoms with Gasteiger partial charge in [-0.3, -0.25) is 4.57 Å². The van der Waals surface area contributed by atoms with Gasteiger partial charge in [-0.05, 0) is 12.1 Å². The first-order valence-corrected chi connectivity index (χ1v) is 4.47. The summed E-state index contributed by atoms with van der Waals surface area (Å²) in [5.41, 5.74) is 0.986. The number of aldehydes is 1. The Morgan fingerprint density at radius 1 is 1.53 bits per heavy atom. The van der Waals surface area contributed by atoms with Crippen molar-refractivity contribution in [3.8, 4) is 5.75 Å². The molecular formula is C10H10N2O3. The number of benzene rings is 1. The minimum atomic E-state index is -0.304. The van der Waals surface area contributed by atoms with Crippen LogP contribution in [0.15, 0.2) is 23.0 Å². The van der Waals surface area contributed by atoms with Gasteiger partial charge < -0.3 is 14.5 Å². The Morgan fingerprint density at radius 2 is 2.33 bits per heavy atom. The molecule has 0 atom stereocenters. The highest BCUT2D eigenvalue weighted by atomic mass is 16.5. The van der Waals surface area contributed by atoms with E-state index in [9.17, 15) is 9.59 Å². The molecule has 1 N–H and O–H groups in total. The lowest BCUT2D eigenvalue weighted by molar-refractivity contribution is -0.108. The van der Waals surface area contributed by atoms with Gasteiger partial charge in [0, 0.05) is 0 Å². The number of para-hydroxylation sites is 1. The maximum atomic E-state index is 11.5. The molecular weight excluding hydrogens is 196 g/mol. The van der Waals surface area contributed by atoms with Crippen LogP contribution >= 0.6 is 0 Å². The second-order valence-electron chi connectivity index (χ2n) is 3.06. The van der Waals surface area contributed by atoms with E-state index >= 15 is 0 Å². The number of aromatic nitrogens is 2. The molecule has 0 aliphatic rings. The van der Waals surface area contributed by atoms with E-state index in [0.717, 1.165) is 0 Å². The number of imidazole rings is 1. The molecule has 0 bridgehead atoms. The second kappa shape index (κ2) is 3.61. The van der Waals surface area contributed by atoms with Crippen LogP contribution in [-0.4, -0.2) is 22.9 Å². The van der Waals surface area contributed by atoms with Gasteiger partial charge in [0.05, 0.1) is 19.2 Å². The third-order valence-corrected chi connectivity index (χ3v) is 2.23. The fourth-order valence-corrected chi connectivity index (χ4v) is 1.60. The van der Waals surface area contributed by atoms with E-state index in [1.807, 2.05) is 0 Å². The predicted molar refractivity (Wildman–Crippen MR) is 55.2 cm³/mol. The van der Waals surface area contributed by atoms with E-state index in [2.05, 4.69) is 4.98 Å². The highest BCUT2D eigenvalue weighted by molar-refractivity contribution is 5.82. The number of fused-ring (bicyclic) bond motifs is 1. The van der Waals surface area contributed by atoms with Crippen LogP contribution < -0.4 is 10.4 Å². The maximum absolute atomic E-state index is 11.5. The molecule has 0 amide bonds. The molecule has 0 radical (unpaired) electrons. The number of nitrogens with zero attached hydrogens (tertiary/aromatic N) is 1. The minimum Gasteiger partial charge on any atom is -0.494 e. The Labute approximate surface area is 85.3 Å². The number of hydrogen-bond donors (Lipinski definition) is 1. The number of ether oxygens (including phenoxy) is 1. The van der Waals surface area contributed by atoms with Crippen LogP contribution in [0.2, 0.25) is 0 Å². The number of methoxy groups -OCH3 is 1. The van der Waals surface area contributed by atoms with Gasteiger partial charge in [-0.2, -0.15) is 0 Å². The van der Waals surface area contributed by atoms with Crippen LogP contribution in [-0.2, 0) is 11.3 Å². The van der Waals surface area contributed by atoms with E-state index in [1.54, 1.807) is 18.2 Å². The third kappa shape index (κ3) is 1.41. The van der Waals surface area contributed by atoms with Crippen molar-refractivity contribution in [3.63, 3.8) is 0 Å². The lowest BCUT2D eigenvalue weighted by Crippen LogP contribution is -2.17. The number of aromatic amines is 1. The van der Waals surface area contributed by atoms with Gasteiger partial charge in [-0.25, -0.2) is 4.79 Å². The Balaban J connectivity index is 2.82. The van der Waals surface area contributed by atoms with Crippen molar-refractivity contribution in [3.05, 3.63) is 28.7 Å². The van der Waals surface area contributed by atoms with Gasteiger partial charge in [0.15, 0.2) is 0 Å². The quantitative estimate of drug-likeness (QED) is 0.745. The number of hydrogen-bond acceptors (Lipinski definition) is 3. The zero-order chi connectivity index (χ0) is 10.8. The second-order valence-corrected chi connectivity index (χ2v) is 3.06. The van der Waals surface area contributed by atoms with Crippen LogP contribution in [0.4, 0.5) is 0 Å². The van der Waals surface area contributed by atoms with E-state index < -0.39 is 0 Å². The van der Waals surface area contributed by atoms with E-state index in [4.69, 9.17) is 4.74 Å². The Morgan fingerprint density at radius 3 is 3.00 bits per heavy atom. The zero-order valence-corrected chi connectivity index (χ0v) is 8.19. The highest BCUT2D eigenvalue weighted by Gasteiger charge is 2.10. The van der Waals surface area contributed by atoms with Crippen molar-refractivity contribution < 1.29 is 9.53 Å². The summed E-state index contributed by atoms with van der Waals surface area (Å²) in [4.78, 5) is 24.6. The molecule has 1 aromatic heterocycles. The minimum absolute atomic E-state index is 0.0270. The molecule has 5 heteroatoms. The monoisotopic (exact) mass is 206 g/mol. The van der Waals surface area contributed by atoms with Crippen LogP contribution in [0.3, 0.4) is 0 Å². The summed E-state index contributed by atoms with van der Waals surface area (Å²) in [6, 6.07) is 5.29. The maximum Gasteiger partial charge on any atom is 0.326 e. The number of nitrogens with one attached hydrogen (secondary N) is 1. The van der Waals surface area contributed by atoms with Gasteiger partial charge in [0.1, 0.15) is 17.6 Å². The van der Waals surface area contributed by atoms with Crippen LogP contribution in [0.1, 0.15) is 0 Å². The average molecular weight is 206 g/mol. The number of carbonyl (C=O) groups is 1. The van der Waals surface area contributed by atoms with Gasteiger partial charge in [-0.15, -0.1) is 0 Å². The lowest BCUT2D eigenvalue weighted by Gasteiger charge is -2.03. The van der Waals surface area contributed by atoms with Crippen molar-refractivity contribution in [1.29, 1.82) is 0 Å². The van der Waals surface area contributed by atoms with E-state index in [1.165, 1.54) is 11.7 Å². The largest absolute Gasteiger partial charge is 0.494 e. The van der Waals surface area contributed by atoms with Gasteiger partial charge in [-0.1, -0.05) is 6.07 Å². The summed E-state index contributed by atoms with van der Waals surface area (Å²) in [6.07, 6.45) is 0.682. The summed E-state index contributed by atoms with van der Waals surface area (Å²) >= 11 is 0. The predicted octanol–water partition coefficient (Wildman–Crippen LogP) is 0.537. The molecule has 0 saturated carbocycles. The van der Waals surface area contributed by atoms with Crippen LogP contribution in [0, 0.1) is 0 Å². The molecule has 0 spiro atoms. The molecule has 0 saturated heterocycles. The molecule has 78 valence electrons. The Kier molecular flexibility index (Phi) is 2.29. The number of H-pyrrole nitrogens is 1. The summed E-state index contributed by atoms with van der Waals surface area (Å²) in [7, 11) is 1.53. The van der Waals surface area contributed by atoms with Crippen LogP contribution in [0.5, 0.6) is 5.75 Å². The first-order valence-electron chi connectivity index (χ1n) is 4.47. The topological polar surface area (TPSA) is 64.1 Å². The van der Waals surface area contributed by atoms with Gasteiger partial charge in [0.2, 0.25) is 0 Å². The lowest BCUT2D eigenvalue weighted by atomic mass is 10.3. The molecule has 1 heterocycles. The fourth-order valence-electron chi connectivity index (χ4n) is 1.60. The van der Waals surface area contributed by atoms with Crippen molar-refractivity contribution >= 4 is 17.3 Å². The third-order valence-electron chi connectivity index (χ3n) is 2.23. The van der Waals surface area contributed by atoms with E-state index in [-0.39, 0.29) is 12.2 Å². The molecule has 15 heavy (non-hydrogen) atoms. The summed E-state index contributed by atoms with van der Waals surface area (Å²) in [6.45, 7) is 0.0270. The number of carbonyl (C=O) groups excluding carboxylic acids is 1. The van der Waals surface area contributed by atoms with Crippen molar-refractivity contribution in [2.75, 3.05) is 7.11 Å². The standard InChI is InChI=1S/C10H10N2O3/c1-15-8-4-2-3-7-9(8)12(5-6-13)10(14)11-7/h2-4,6H,5H2,1H3,(H,11,14). The molecule has 2 aromatic rings. The zero-order valence-electron chi connectivity index (χ0n) is 8.19. The number of rotatable bonds is 3. The first kappa shape index (κ1) is 9.51.